The summed E-state index contributed by atoms with van der Waals surface area (Å²) in [5.41, 5.74) is 8.93. The van der Waals surface area contributed by atoms with Crippen molar-refractivity contribution in [2.75, 3.05) is 5.73 Å². The molecule has 0 aliphatic heterocycles. The Balaban J connectivity index is 2.57. The molecule has 0 amide bonds. The summed E-state index contributed by atoms with van der Waals surface area (Å²) in [6, 6.07) is 5.79. The Morgan fingerprint density at radius 3 is 2.56 bits per heavy atom. The van der Waals surface area contributed by atoms with Crippen molar-refractivity contribution in [3.05, 3.63) is 39.0 Å². The number of anilines is 1. The molecule has 0 aliphatic carbocycles. The van der Waals surface area contributed by atoms with Gasteiger partial charge in [0.1, 0.15) is 5.82 Å². The second kappa shape index (κ2) is 4.94. The van der Waals surface area contributed by atoms with Crippen LogP contribution in [0.3, 0.4) is 0 Å². The summed E-state index contributed by atoms with van der Waals surface area (Å²) in [5, 5.41) is 5.25. The van der Waals surface area contributed by atoms with E-state index in [0.29, 0.717) is 16.8 Å². The fraction of sp³-hybridized carbons (Fsp3) is 0.308. The number of nitrogens with two attached hydrogens (primary N) is 1. The smallest absolute Gasteiger partial charge is 0.141 e. The summed E-state index contributed by atoms with van der Waals surface area (Å²) < 4.78 is 2.57. The number of halogens is 2. The van der Waals surface area contributed by atoms with Crippen LogP contribution < -0.4 is 5.73 Å². The Kier molecular flexibility index (Phi) is 3.69. The Labute approximate surface area is 120 Å². The van der Waals surface area contributed by atoms with Crippen LogP contribution in [0, 0.1) is 6.92 Å². The summed E-state index contributed by atoms with van der Waals surface area (Å²) in [5.74, 6) is 0.905. The standard InChI is InChI=1S/C13H15BrClN3/c1-7(2)12-11(14)13(16)18(17-12)9-5-4-8(3)10(15)6-9/h4-7H,16H2,1-3H3. The van der Waals surface area contributed by atoms with Crippen molar-refractivity contribution in [1.29, 1.82) is 0 Å². The van der Waals surface area contributed by atoms with E-state index in [1.165, 1.54) is 0 Å². The molecule has 2 aromatic rings. The highest BCUT2D eigenvalue weighted by atomic mass is 79.9. The average Bonchev–Trinajstić information content (AvgIpc) is 2.60. The van der Waals surface area contributed by atoms with Gasteiger partial charge in [-0.2, -0.15) is 5.10 Å². The van der Waals surface area contributed by atoms with E-state index in [0.717, 1.165) is 21.4 Å². The number of aryl methyl sites for hydroxylation is 1. The summed E-state index contributed by atoms with van der Waals surface area (Å²) in [7, 11) is 0. The van der Waals surface area contributed by atoms with Crippen LogP contribution in [-0.4, -0.2) is 9.78 Å². The van der Waals surface area contributed by atoms with E-state index in [1.807, 2.05) is 25.1 Å². The lowest BCUT2D eigenvalue weighted by Crippen LogP contribution is -2.02. The van der Waals surface area contributed by atoms with Gasteiger partial charge >= 0.3 is 0 Å². The van der Waals surface area contributed by atoms with Crippen molar-refractivity contribution in [3.8, 4) is 5.69 Å². The van der Waals surface area contributed by atoms with Crippen LogP contribution in [-0.2, 0) is 0 Å². The van der Waals surface area contributed by atoms with Crippen LogP contribution in [0.25, 0.3) is 5.69 Å². The first-order valence-electron chi connectivity index (χ1n) is 5.72. The minimum absolute atomic E-state index is 0.309. The summed E-state index contributed by atoms with van der Waals surface area (Å²) in [6.45, 7) is 6.13. The van der Waals surface area contributed by atoms with Gasteiger partial charge in [0.25, 0.3) is 0 Å². The van der Waals surface area contributed by atoms with E-state index < -0.39 is 0 Å². The van der Waals surface area contributed by atoms with Gasteiger partial charge in [-0.3, -0.25) is 0 Å². The van der Waals surface area contributed by atoms with Gasteiger partial charge in [0.15, 0.2) is 0 Å². The lowest BCUT2D eigenvalue weighted by atomic mass is 10.1. The molecule has 3 nitrogen and oxygen atoms in total. The minimum Gasteiger partial charge on any atom is -0.383 e. The summed E-state index contributed by atoms with van der Waals surface area (Å²) >= 11 is 9.62. The molecule has 0 fully saturated rings. The molecule has 0 saturated carbocycles. The Morgan fingerprint density at radius 2 is 2.06 bits per heavy atom. The van der Waals surface area contributed by atoms with E-state index >= 15 is 0 Å². The van der Waals surface area contributed by atoms with Crippen molar-refractivity contribution in [3.63, 3.8) is 0 Å². The number of aromatic nitrogens is 2. The molecular weight excluding hydrogens is 314 g/mol. The second-order valence-electron chi connectivity index (χ2n) is 4.58. The van der Waals surface area contributed by atoms with Crippen LogP contribution in [0.5, 0.6) is 0 Å². The highest BCUT2D eigenvalue weighted by Crippen LogP contribution is 2.31. The third-order valence-electron chi connectivity index (χ3n) is 2.83. The highest BCUT2D eigenvalue weighted by molar-refractivity contribution is 9.10. The molecule has 1 aromatic carbocycles. The lowest BCUT2D eigenvalue weighted by molar-refractivity contribution is 0.769. The minimum atomic E-state index is 0.309. The SMILES string of the molecule is Cc1ccc(-n2nc(C(C)C)c(Br)c2N)cc1Cl. The van der Waals surface area contributed by atoms with Gasteiger partial charge in [-0.05, 0) is 46.5 Å². The van der Waals surface area contributed by atoms with Crippen molar-refractivity contribution in [2.24, 2.45) is 0 Å². The van der Waals surface area contributed by atoms with Crippen LogP contribution in [0.1, 0.15) is 31.0 Å². The fourth-order valence-corrected chi connectivity index (χ4v) is 2.59. The molecular formula is C13H15BrClN3. The van der Waals surface area contributed by atoms with Gasteiger partial charge in [-0.25, -0.2) is 4.68 Å². The molecule has 5 heteroatoms. The molecule has 0 unspecified atom stereocenters. The number of hydrogen-bond acceptors (Lipinski definition) is 2. The maximum absolute atomic E-state index is 6.13. The van der Waals surface area contributed by atoms with Crippen molar-refractivity contribution in [1.82, 2.24) is 9.78 Å². The van der Waals surface area contributed by atoms with Crippen LogP contribution in [0.15, 0.2) is 22.7 Å². The molecule has 1 heterocycles. The van der Waals surface area contributed by atoms with Gasteiger partial charge in [0.05, 0.1) is 15.9 Å². The molecule has 2 rings (SSSR count). The zero-order chi connectivity index (χ0) is 13.4. The topological polar surface area (TPSA) is 43.8 Å². The van der Waals surface area contributed by atoms with Crippen molar-refractivity contribution in [2.45, 2.75) is 26.7 Å². The summed E-state index contributed by atoms with van der Waals surface area (Å²) in [6.07, 6.45) is 0. The normalized spacial score (nSPS) is 11.2. The van der Waals surface area contributed by atoms with Gasteiger partial charge in [0, 0.05) is 5.02 Å². The molecule has 0 radical (unpaired) electrons. The summed E-state index contributed by atoms with van der Waals surface area (Å²) in [4.78, 5) is 0. The Bertz CT molecular complexity index is 590. The van der Waals surface area contributed by atoms with Crippen molar-refractivity contribution >= 4 is 33.3 Å². The first-order chi connectivity index (χ1) is 8.41. The van der Waals surface area contributed by atoms with E-state index in [4.69, 9.17) is 17.3 Å². The Hall–Kier alpha value is -1.000. The van der Waals surface area contributed by atoms with Crippen LogP contribution in [0.2, 0.25) is 5.02 Å². The molecule has 1 aromatic heterocycles. The van der Waals surface area contributed by atoms with Crippen LogP contribution in [0.4, 0.5) is 5.82 Å². The maximum atomic E-state index is 6.13. The molecule has 18 heavy (non-hydrogen) atoms. The molecule has 96 valence electrons. The molecule has 0 spiro atoms. The number of benzene rings is 1. The number of nitrogens with zero attached hydrogens (tertiary/aromatic N) is 2. The number of rotatable bonds is 2. The average molecular weight is 329 g/mol. The van der Waals surface area contributed by atoms with Gasteiger partial charge < -0.3 is 5.73 Å². The number of nitrogen functional groups attached to an aromatic ring is 1. The second-order valence-corrected chi connectivity index (χ2v) is 5.78. The molecule has 0 saturated heterocycles. The van der Waals surface area contributed by atoms with E-state index in [-0.39, 0.29) is 0 Å². The van der Waals surface area contributed by atoms with Gasteiger partial charge in [-0.1, -0.05) is 31.5 Å². The van der Waals surface area contributed by atoms with Gasteiger partial charge in [-0.15, -0.1) is 0 Å². The van der Waals surface area contributed by atoms with Gasteiger partial charge in [0.2, 0.25) is 0 Å². The highest BCUT2D eigenvalue weighted by Gasteiger charge is 2.17. The Morgan fingerprint density at radius 1 is 1.39 bits per heavy atom. The zero-order valence-corrected chi connectivity index (χ0v) is 12.9. The van der Waals surface area contributed by atoms with Crippen molar-refractivity contribution < 1.29 is 0 Å². The van der Waals surface area contributed by atoms with E-state index in [9.17, 15) is 0 Å². The largest absolute Gasteiger partial charge is 0.383 e. The molecule has 0 atom stereocenters. The predicted molar refractivity (Wildman–Crippen MR) is 79.5 cm³/mol. The monoisotopic (exact) mass is 327 g/mol. The first-order valence-corrected chi connectivity index (χ1v) is 6.89. The molecule has 0 aliphatic rings. The quantitative estimate of drug-likeness (QED) is 0.893. The first kappa shape index (κ1) is 13.4. The number of hydrogen-bond donors (Lipinski definition) is 1. The fourth-order valence-electron chi connectivity index (χ4n) is 1.71. The van der Waals surface area contributed by atoms with E-state index in [2.05, 4.69) is 34.9 Å². The van der Waals surface area contributed by atoms with E-state index in [1.54, 1.807) is 4.68 Å². The molecule has 0 bridgehead atoms. The third-order valence-corrected chi connectivity index (χ3v) is 4.05. The third kappa shape index (κ3) is 2.27. The molecule has 2 N–H and O–H groups in total. The zero-order valence-electron chi connectivity index (χ0n) is 10.5. The van der Waals surface area contributed by atoms with Crippen LogP contribution >= 0.6 is 27.5 Å². The maximum Gasteiger partial charge on any atom is 0.141 e. The lowest BCUT2D eigenvalue weighted by Gasteiger charge is -2.06. The predicted octanol–water partition coefficient (Wildman–Crippen LogP) is 4.30.